The molecule has 0 spiro atoms. The van der Waals surface area contributed by atoms with Crippen LogP contribution in [0.1, 0.15) is 11.1 Å². The molecule has 0 N–H and O–H groups in total. The Kier molecular flexibility index (Phi) is 6.02. The van der Waals surface area contributed by atoms with E-state index in [1.165, 1.54) is 10.5 Å². The summed E-state index contributed by atoms with van der Waals surface area (Å²) in [5.74, 6) is 1.07. The molecule has 2 aromatic rings. The standard InChI is InChI=1S/C16H21N3OS/c1-13-4-6-15(7-5-13)21-9-8-19(2)12-14-10-17-16(20-3)18-11-14/h4-7,10-11H,8-9,12H2,1-3H3. The molecule has 0 unspecified atom stereocenters. The number of aromatic nitrogens is 2. The Hall–Kier alpha value is -1.59. The minimum Gasteiger partial charge on any atom is -0.467 e. The minimum atomic E-state index is 0.413. The summed E-state index contributed by atoms with van der Waals surface area (Å²) in [5, 5.41) is 0. The van der Waals surface area contributed by atoms with E-state index in [-0.39, 0.29) is 0 Å². The molecule has 0 amide bonds. The predicted molar refractivity (Wildman–Crippen MR) is 86.8 cm³/mol. The molecular weight excluding hydrogens is 282 g/mol. The molecule has 2 rings (SSSR count). The molecule has 0 aliphatic rings. The van der Waals surface area contributed by atoms with E-state index in [1.807, 2.05) is 24.2 Å². The molecule has 0 saturated heterocycles. The maximum Gasteiger partial charge on any atom is 0.316 e. The van der Waals surface area contributed by atoms with Crippen molar-refractivity contribution in [1.29, 1.82) is 0 Å². The highest BCUT2D eigenvalue weighted by Gasteiger charge is 2.03. The van der Waals surface area contributed by atoms with E-state index >= 15 is 0 Å². The topological polar surface area (TPSA) is 38.2 Å². The van der Waals surface area contributed by atoms with E-state index in [4.69, 9.17) is 4.74 Å². The maximum absolute atomic E-state index is 4.96. The van der Waals surface area contributed by atoms with Gasteiger partial charge in [-0.15, -0.1) is 11.8 Å². The van der Waals surface area contributed by atoms with Gasteiger partial charge in [0.2, 0.25) is 0 Å². The Balaban J connectivity index is 1.73. The summed E-state index contributed by atoms with van der Waals surface area (Å²) < 4.78 is 4.96. The van der Waals surface area contributed by atoms with Gasteiger partial charge in [0, 0.05) is 41.7 Å². The molecule has 0 fully saturated rings. The van der Waals surface area contributed by atoms with Gasteiger partial charge in [-0.1, -0.05) is 17.7 Å². The van der Waals surface area contributed by atoms with Crippen molar-refractivity contribution >= 4 is 11.8 Å². The van der Waals surface area contributed by atoms with Crippen molar-refractivity contribution in [2.45, 2.75) is 18.4 Å². The molecule has 1 heterocycles. The third kappa shape index (κ3) is 5.36. The molecule has 112 valence electrons. The fourth-order valence-corrected chi connectivity index (χ4v) is 2.84. The Morgan fingerprint density at radius 2 is 1.81 bits per heavy atom. The number of rotatable bonds is 7. The van der Waals surface area contributed by atoms with Gasteiger partial charge in [-0.05, 0) is 26.1 Å². The highest BCUT2D eigenvalue weighted by atomic mass is 32.2. The number of methoxy groups -OCH3 is 1. The van der Waals surface area contributed by atoms with Crippen molar-refractivity contribution in [3.05, 3.63) is 47.8 Å². The van der Waals surface area contributed by atoms with Crippen LogP contribution < -0.4 is 4.74 Å². The lowest BCUT2D eigenvalue weighted by atomic mass is 10.2. The van der Waals surface area contributed by atoms with Crippen LogP contribution in [0.2, 0.25) is 0 Å². The van der Waals surface area contributed by atoms with E-state index in [0.717, 1.165) is 24.4 Å². The van der Waals surface area contributed by atoms with E-state index in [0.29, 0.717) is 6.01 Å². The number of hydrogen-bond acceptors (Lipinski definition) is 5. The molecule has 1 aromatic carbocycles. The summed E-state index contributed by atoms with van der Waals surface area (Å²) in [5.41, 5.74) is 2.40. The van der Waals surface area contributed by atoms with Gasteiger partial charge in [0.15, 0.2) is 0 Å². The molecule has 0 saturated carbocycles. The second-order valence-corrected chi connectivity index (χ2v) is 6.15. The highest BCUT2D eigenvalue weighted by Crippen LogP contribution is 2.18. The molecule has 21 heavy (non-hydrogen) atoms. The van der Waals surface area contributed by atoms with E-state index in [2.05, 4.69) is 53.1 Å². The van der Waals surface area contributed by atoms with Crippen molar-refractivity contribution < 1.29 is 4.74 Å². The lowest BCUT2D eigenvalue weighted by Gasteiger charge is -2.16. The Labute approximate surface area is 130 Å². The number of thioether (sulfide) groups is 1. The molecule has 4 nitrogen and oxygen atoms in total. The SMILES string of the molecule is COc1ncc(CN(C)CCSc2ccc(C)cc2)cn1. The van der Waals surface area contributed by atoms with Crippen LogP contribution in [0.25, 0.3) is 0 Å². The summed E-state index contributed by atoms with van der Waals surface area (Å²) in [6, 6.07) is 9.08. The van der Waals surface area contributed by atoms with Crippen LogP contribution in [0.15, 0.2) is 41.6 Å². The van der Waals surface area contributed by atoms with E-state index < -0.39 is 0 Å². The summed E-state index contributed by atoms with van der Waals surface area (Å²) in [7, 11) is 3.68. The molecule has 0 aliphatic carbocycles. The van der Waals surface area contributed by atoms with Crippen LogP contribution >= 0.6 is 11.8 Å². The fraction of sp³-hybridized carbons (Fsp3) is 0.375. The van der Waals surface area contributed by atoms with Crippen LogP contribution in [0.4, 0.5) is 0 Å². The highest BCUT2D eigenvalue weighted by molar-refractivity contribution is 7.99. The van der Waals surface area contributed by atoms with Crippen molar-refractivity contribution in [3.63, 3.8) is 0 Å². The average Bonchev–Trinajstić information content (AvgIpc) is 2.50. The summed E-state index contributed by atoms with van der Waals surface area (Å²) >= 11 is 1.88. The lowest BCUT2D eigenvalue weighted by molar-refractivity contribution is 0.344. The zero-order chi connectivity index (χ0) is 15.1. The average molecular weight is 303 g/mol. The second-order valence-electron chi connectivity index (χ2n) is 4.98. The first-order chi connectivity index (χ1) is 10.2. The third-order valence-corrected chi connectivity index (χ3v) is 4.07. The molecular formula is C16H21N3OS. The normalized spacial score (nSPS) is 10.9. The molecule has 0 bridgehead atoms. The second kappa shape index (κ2) is 8.00. The summed E-state index contributed by atoms with van der Waals surface area (Å²) in [4.78, 5) is 11.8. The van der Waals surface area contributed by atoms with Crippen LogP contribution in [0.3, 0.4) is 0 Å². The maximum atomic E-state index is 4.96. The summed E-state index contributed by atoms with van der Waals surface area (Å²) in [6.45, 7) is 3.97. The molecule has 0 radical (unpaired) electrons. The van der Waals surface area contributed by atoms with Gasteiger partial charge in [-0.25, -0.2) is 9.97 Å². The number of aryl methyl sites for hydroxylation is 1. The van der Waals surface area contributed by atoms with Gasteiger partial charge in [-0.2, -0.15) is 0 Å². The number of nitrogens with zero attached hydrogens (tertiary/aromatic N) is 3. The Bertz CT molecular complexity index is 542. The van der Waals surface area contributed by atoms with Gasteiger partial charge in [0.05, 0.1) is 7.11 Å². The molecule has 1 aromatic heterocycles. The monoisotopic (exact) mass is 303 g/mol. The van der Waals surface area contributed by atoms with Crippen LogP contribution in [0, 0.1) is 6.92 Å². The lowest BCUT2D eigenvalue weighted by Crippen LogP contribution is -2.20. The van der Waals surface area contributed by atoms with Crippen LogP contribution in [-0.2, 0) is 6.54 Å². The first-order valence-corrected chi connectivity index (χ1v) is 7.89. The minimum absolute atomic E-state index is 0.413. The van der Waals surface area contributed by atoms with Gasteiger partial charge in [-0.3, -0.25) is 0 Å². The predicted octanol–water partition coefficient (Wildman–Crippen LogP) is 3.02. The van der Waals surface area contributed by atoms with E-state index in [1.54, 1.807) is 7.11 Å². The number of hydrogen-bond donors (Lipinski definition) is 0. The van der Waals surface area contributed by atoms with Crippen molar-refractivity contribution in [1.82, 2.24) is 14.9 Å². The van der Waals surface area contributed by atoms with Gasteiger partial charge >= 0.3 is 6.01 Å². The zero-order valence-corrected chi connectivity index (χ0v) is 13.6. The first kappa shape index (κ1) is 15.8. The molecule has 0 aliphatic heterocycles. The van der Waals surface area contributed by atoms with Crippen LogP contribution in [0.5, 0.6) is 6.01 Å². The van der Waals surface area contributed by atoms with Gasteiger partial charge in [0.25, 0.3) is 0 Å². The van der Waals surface area contributed by atoms with Crippen molar-refractivity contribution in [2.75, 3.05) is 26.5 Å². The largest absolute Gasteiger partial charge is 0.467 e. The zero-order valence-electron chi connectivity index (χ0n) is 12.7. The third-order valence-electron chi connectivity index (χ3n) is 3.08. The quantitative estimate of drug-likeness (QED) is 0.735. The molecule has 0 atom stereocenters. The van der Waals surface area contributed by atoms with E-state index in [9.17, 15) is 0 Å². The van der Waals surface area contributed by atoms with Gasteiger partial charge in [0.1, 0.15) is 0 Å². The van der Waals surface area contributed by atoms with Gasteiger partial charge < -0.3 is 9.64 Å². The van der Waals surface area contributed by atoms with Crippen molar-refractivity contribution in [2.24, 2.45) is 0 Å². The number of benzene rings is 1. The summed E-state index contributed by atoms with van der Waals surface area (Å²) in [6.07, 6.45) is 3.63. The first-order valence-electron chi connectivity index (χ1n) is 6.90. The Morgan fingerprint density at radius 3 is 2.43 bits per heavy atom. The van der Waals surface area contributed by atoms with Crippen molar-refractivity contribution in [3.8, 4) is 6.01 Å². The number of ether oxygens (including phenoxy) is 1. The van der Waals surface area contributed by atoms with Crippen LogP contribution in [-0.4, -0.2) is 41.3 Å². The smallest absolute Gasteiger partial charge is 0.316 e. The fourth-order valence-electron chi connectivity index (χ4n) is 1.87. The Morgan fingerprint density at radius 1 is 1.14 bits per heavy atom. The molecule has 5 heteroatoms.